The van der Waals surface area contributed by atoms with Crippen molar-refractivity contribution < 1.29 is 9.53 Å². The van der Waals surface area contributed by atoms with E-state index in [1.807, 2.05) is 25.1 Å². The van der Waals surface area contributed by atoms with Gasteiger partial charge in [-0.15, -0.1) is 0 Å². The molecule has 0 bridgehead atoms. The quantitative estimate of drug-likeness (QED) is 0.843. The predicted octanol–water partition coefficient (Wildman–Crippen LogP) is 2.40. The summed E-state index contributed by atoms with van der Waals surface area (Å²) in [5, 5.41) is 8.69. The van der Waals surface area contributed by atoms with Gasteiger partial charge in [0.25, 0.3) is 5.91 Å². The molecule has 0 spiro atoms. The number of hydrogen-bond donors (Lipinski definition) is 0. The molecule has 1 atom stereocenters. The molecule has 1 aromatic carbocycles. The van der Waals surface area contributed by atoms with E-state index < -0.39 is 0 Å². The number of benzene rings is 1. The summed E-state index contributed by atoms with van der Waals surface area (Å²) >= 11 is 3.47. The first kappa shape index (κ1) is 13.1. The number of aryl methyl sites for hydroxylation is 1. The van der Waals surface area contributed by atoms with Crippen LogP contribution in [0, 0.1) is 18.3 Å². The van der Waals surface area contributed by atoms with Gasteiger partial charge in [0.05, 0.1) is 30.8 Å². The third-order valence-corrected chi connectivity index (χ3v) is 3.48. The molecule has 0 aliphatic carbocycles. The highest BCUT2D eigenvalue weighted by atomic mass is 79.9. The maximum atomic E-state index is 11.9. The first-order valence-electron chi connectivity index (χ1n) is 5.67. The number of nitrogens with zero attached hydrogens (tertiary/aromatic N) is 2. The van der Waals surface area contributed by atoms with E-state index in [1.54, 1.807) is 4.90 Å². The zero-order valence-electron chi connectivity index (χ0n) is 10.0. The molecule has 4 nitrogen and oxygen atoms in total. The van der Waals surface area contributed by atoms with Crippen molar-refractivity contribution >= 4 is 27.5 Å². The summed E-state index contributed by atoms with van der Waals surface area (Å²) in [6.45, 7) is 2.45. The van der Waals surface area contributed by atoms with Crippen LogP contribution >= 0.6 is 15.9 Å². The van der Waals surface area contributed by atoms with Gasteiger partial charge in [-0.25, -0.2) is 0 Å². The van der Waals surface area contributed by atoms with E-state index in [2.05, 4.69) is 22.0 Å². The second-order valence-electron chi connectivity index (χ2n) is 4.25. The highest BCUT2D eigenvalue weighted by Gasteiger charge is 2.28. The third kappa shape index (κ3) is 2.71. The summed E-state index contributed by atoms with van der Waals surface area (Å²) in [7, 11) is 0. The van der Waals surface area contributed by atoms with Gasteiger partial charge in [0, 0.05) is 4.47 Å². The molecule has 0 radical (unpaired) electrons. The molecular weight excluding hydrogens is 296 g/mol. The molecular formula is C13H13BrN2O2. The molecule has 1 aliphatic heterocycles. The van der Waals surface area contributed by atoms with Crippen LogP contribution in [0.15, 0.2) is 22.7 Å². The normalized spacial score (nSPS) is 19.7. The first-order chi connectivity index (χ1) is 8.61. The van der Waals surface area contributed by atoms with Crippen molar-refractivity contribution in [3.8, 4) is 6.07 Å². The lowest BCUT2D eigenvalue weighted by molar-refractivity contribution is -0.129. The van der Waals surface area contributed by atoms with Gasteiger partial charge in [-0.05, 0) is 40.5 Å². The average molecular weight is 309 g/mol. The molecule has 1 unspecified atom stereocenters. The predicted molar refractivity (Wildman–Crippen MR) is 71.2 cm³/mol. The summed E-state index contributed by atoms with van der Waals surface area (Å²) in [6, 6.07) is 7.91. The molecule has 94 valence electrons. The Kier molecular flexibility index (Phi) is 4.00. The summed E-state index contributed by atoms with van der Waals surface area (Å²) in [6.07, 6.45) is 0.0914. The molecule has 1 heterocycles. The lowest BCUT2D eigenvalue weighted by atomic mass is 10.1. The summed E-state index contributed by atoms with van der Waals surface area (Å²) < 4.78 is 6.20. The number of amides is 1. The van der Waals surface area contributed by atoms with Crippen LogP contribution in [-0.4, -0.2) is 25.2 Å². The van der Waals surface area contributed by atoms with Crippen LogP contribution in [0.4, 0.5) is 5.69 Å². The smallest absolute Gasteiger partial charge is 0.253 e. The molecule has 2 rings (SSSR count). The Hall–Kier alpha value is -1.38. The van der Waals surface area contributed by atoms with Crippen LogP contribution in [0.1, 0.15) is 12.0 Å². The van der Waals surface area contributed by atoms with Gasteiger partial charge in [0.15, 0.2) is 0 Å². The van der Waals surface area contributed by atoms with E-state index in [4.69, 9.17) is 10.00 Å². The standard InChI is InChI=1S/C13H13BrN2O2/c1-9-2-3-12(11(14)6-9)16-7-10(4-5-15)18-8-13(16)17/h2-3,6,10H,4,7-8H2,1H3. The monoisotopic (exact) mass is 308 g/mol. The molecule has 18 heavy (non-hydrogen) atoms. The Labute approximate surface area is 114 Å². The molecule has 1 saturated heterocycles. The van der Waals surface area contributed by atoms with Crippen molar-refractivity contribution in [1.82, 2.24) is 0 Å². The summed E-state index contributed by atoms with van der Waals surface area (Å²) in [5.41, 5.74) is 1.96. The zero-order valence-corrected chi connectivity index (χ0v) is 11.6. The van der Waals surface area contributed by atoms with E-state index in [0.29, 0.717) is 13.0 Å². The molecule has 1 aliphatic rings. The van der Waals surface area contributed by atoms with Gasteiger partial charge in [-0.2, -0.15) is 5.26 Å². The van der Waals surface area contributed by atoms with E-state index in [-0.39, 0.29) is 18.6 Å². The fourth-order valence-electron chi connectivity index (χ4n) is 1.91. The average Bonchev–Trinajstić information content (AvgIpc) is 2.33. The van der Waals surface area contributed by atoms with Crippen molar-refractivity contribution in [1.29, 1.82) is 5.26 Å². The van der Waals surface area contributed by atoms with Crippen LogP contribution < -0.4 is 4.90 Å². The number of nitriles is 1. The van der Waals surface area contributed by atoms with Crippen molar-refractivity contribution in [2.75, 3.05) is 18.1 Å². The van der Waals surface area contributed by atoms with E-state index in [0.717, 1.165) is 15.7 Å². The zero-order chi connectivity index (χ0) is 13.1. The molecule has 0 N–H and O–H groups in total. The number of carbonyl (C=O) groups excluding carboxylic acids is 1. The van der Waals surface area contributed by atoms with Gasteiger partial charge < -0.3 is 9.64 Å². The largest absolute Gasteiger partial charge is 0.365 e. The number of hydrogen-bond acceptors (Lipinski definition) is 3. The van der Waals surface area contributed by atoms with Crippen LogP contribution in [-0.2, 0) is 9.53 Å². The second kappa shape index (κ2) is 5.51. The minimum atomic E-state index is -0.207. The first-order valence-corrected chi connectivity index (χ1v) is 6.46. The molecule has 1 fully saturated rings. The van der Waals surface area contributed by atoms with Gasteiger partial charge in [-0.3, -0.25) is 4.79 Å². The SMILES string of the molecule is Cc1ccc(N2CC(CC#N)OCC2=O)c(Br)c1. The maximum Gasteiger partial charge on any atom is 0.253 e. The van der Waals surface area contributed by atoms with E-state index >= 15 is 0 Å². The summed E-state index contributed by atoms with van der Waals surface area (Å²) in [4.78, 5) is 13.6. The van der Waals surface area contributed by atoms with Crippen LogP contribution in [0.3, 0.4) is 0 Å². The van der Waals surface area contributed by atoms with Gasteiger partial charge in [-0.1, -0.05) is 6.07 Å². The fourth-order valence-corrected chi connectivity index (χ4v) is 2.62. The minimum Gasteiger partial charge on any atom is -0.365 e. The van der Waals surface area contributed by atoms with E-state index in [1.165, 1.54) is 0 Å². The van der Waals surface area contributed by atoms with Gasteiger partial charge in [0.2, 0.25) is 0 Å². The number of anilines is 1. The number of carbonyl (C=O) groups is 1. The topological polar surface area (TPSA) is 53.3 Å². The van der Waals surface area contributed by atoms with Gasteiger partial charge in [0.1, 0.15) is 6.61 Å². The third-order valence-electron chi connectivity index (χ3n) is 2.84. The Morgan fingerprint density at radius 3 is 3.06 bits per heavy atom. The Morgan fingerprint density at radius 2 is 2.39 bits per heavy atom. The fraction of sp³-hybridized carbons (Fsp3) is 0.385. The highest BCUT2D eigenvalue weighted by molar-refractivity contribution is 9.10. The molecule has 0 aromatic heterocycles. The minimum absolute atomic E-state index is 0.0344. The van der Waals surface area contributed by atoms with Crippen molar-refractivity contribution in [2.45, 2.75) is 19.4 Å². The van der Waals surface area contributed by atoms with Crippen molar-refractivity contribution in [2.24, 2.45) is 0 Å². The lowest BCUT2D eigenvalue weighted by Gasteiger charge is -2.32. The Morgan fingerprint density at radius 1 is 1.61 bits per heavy atom. The maximum absolute atomic E-state index is 11.9. The summed E-state index contributed by atoms with van der Waals surface area (Å²) in [5.74, 6) is -0.0752. The molecule has 1 amide bonds. The van der Waals surface area contributed by atoms with Crippen LogP contribution in [0.5, 0.6) is 0 Å². The number of morpholine rings is 1. The van der Waals surface area contributed by atoms with E-state index in [9.17, 15) is 4.79 Å². The number of halogens is 1. The number of ether oxygens (including phenoxy) is 1. The second-order valence-corrected chi connectivity index (χ2v) is 5.11. The van der Waals surface area contributed by atoms with Crippen LogP contribution in [0.25, 0.3) is 0 Å². The molecule has 0 saturated carbocycles. The highest BCUT2D eigenvalue weighted by Crippen LogP contribution is 2.29. The molecule has 5 heteroatoms. The Balaban J connectivity index is 2.24. The van der Waals surface area contributed by atoms with Gasteiger partial charge >= 0.3 is 0 Å². The Bertz CT molecular complexity index is 510. The lowest BCUT2D eigenvalue weighted by Crippen LogP contribution is -2.46. The van der Waals surface area contributed by atoms with Crippen molar-refractivity contribution in [3.05, 3.63) is 28.2 Å². The molecule has 1 aromatic rings. The number of rotatable bonds is 2. The van der Waals surface area contributed by atoms with Crippen molar-refractivity contribution in [3.63, 3.8) is 0 Å². The van der Waals surface area contributed by atoms with Crippen LogP contribution in [0.2, 0.25) is 0 Å².